The van der Waals surface area contributed by atoms with Crippen LogP contribution in [0.4, 0.5) is 4.79 Å². The van der Waals surface area contributed by atoms with Crippen LogP contribution in [0.25, 0.3) is 0 Å². The van der Waals surface area contributed by atoms with Crippen molar-refractivity contribution in [1.29, 1.82) is 0 Å². The van der Waals surface area contributed by atoms with Gasteiger partial charge in [0.05, 0.1) is 6.61 Å². The number of rotatable bonds is 5. The molecule has 1 atom stereocenters. The molecule has 0 bridgehead atoms. The van der Waals surface area contributed by atoms with Crippen LogP contribution < -0.4 is 10.1 Å². The van der Waals surface area contributed by atoms with Gasteiger partial charge in [0, 0.05) is 19.1 Å². The Morgan fingerprint density at radius 1 is 1.39 bits per heavy atom. The molecule has 1 aromatic carbocycles. The molecule has 1 aromatic rings. The summed E-state index contributed by atoms with van der Waals surface area (Å²) in [6.45, 7) is 5.27. The van der Waals surface area contributed by atoms with Crippen molar-refractivity contribution in [2.24, 2.45) is 0 Å². The van der Waals surface area contributed by atoms with Crippen LogP contribution in [-0.2, 0) is 9.53 Å². The lowest BCUT2D eigenvalue weighted by atomic mass is 10.1. The highest BCUT2D eigenvalue weighted by Gasteiger charge is 2.25. The number of likely N-dealkylation sites (tertiary alicyclic amines) is 1. The van der Waals surface area contributed by atoms with E-state index in [0.717, 1.165) is 18.4 Å². The Labute approximate surface area is 136 Å². The summed E-state index contributed by atoms with van der Waals surface area (Å²) < 4.78 is 10.4. The SMILES string of the molecule is CCOC(=O)N[C@H]1CCCN(C(=O)COc2cccc(C)c2)C1. The Hall–Kier alpha value is -2.24. The van der Waals surface area contributed by atoms with Gasteiger partial charge in [-0.1, -0.05) is 12.1 Å². The van der Waals surface area contributed by atoms with E-state index in [2.05, 4.69) is 5.32 Å². The zero-order valence-electron chi connectivity index (χ0n) is 13.7. The van der Waals surface area contributed by atoms with Crippen LogP contribution in [0.2, 0.25) is 0 Å². The van der Waals surface area contributed by atoms with Gasteiger partial charge in [-0.25, -0.2) is 4.79 Å². The van der Waals surface area contributed by atoms with E-state index in [9.17, 15) is 9.59 Å². The fourth-order valence-electron chi connectivity index (χ4n) is 2.60. The molecule has 23 heavy (non-hydrogen) atoms. The van der Waals surface area contributed by atoms with Crippen molar-refractivity contribution in [3.8, 4) is 5.75 Å². The van der Waals surface area contributed by atoms with Crippen molar-refractivity contribution >= 4 is 12.0 Å². The number of alkyl carbamates (subject to hydrolysis) is 1. The van der Waals surface area contributed by atoms with E-state index in [0.29, 0.717) is 25.4 Å². The first-order valence-electron chi connectivity index (χ1n) is 7.99. The van der Waals surface area contributed by atoms with Crippen LogP contribution in [0.1, 0.15) is 25.3 Å². The molecule has 6 heteroatoms. The zero-order chi connectivity index (χ0) is 16.7. The molecule has 1 fully saturated rings. The van der Waals surface area contributed by atoms with E-state index in [1.807, 2.05) is 31.2 Å². The number of amides is 2. The summed E-state index contributed by atoms with van der Waals surface area (Å²) in [6, 6.07) is 7.54. The largest absolute Gasteiger partial charge is 0.484 e. The second kappa shape index (κ2) is 8.41. The molecule has 2 rings (SSSR count). The van der Waals surface area contributed by atoms with Gasteiger partial charge in [-0.3, -0.25) is 4.79 Å². The summed E-state index contributed by atoms with van der Waals surface area (Å²) in [7, 11) is 0. The first-order valence-corrected chi connectivity index (χ1v) is 7.99. The van der Waals surface area contributed by atoms with Gasteiger partial charge in [0.15, 0.2) is 6.61 Å². The monoisotopic (exact) mass is 320 g/mol. The van der Waals surface area contributed by atoms with Crippen molar-refractivity contribution in [3.63, 3.8) is 0 Å². The van der Waals surface area contributed by atoms with Gasteiger partial charge in [0.1, 0.15) is 5.75 Å². The van der Waals surface area contributed by atoms with Crippen LogP contribution >= 0.6 is 0 Å². The van der Waals surface area contributed by atoms with E-state index < -0.39 is 6.09 Å². The molecular formula is C17H24N2O4. The number of carbonyl (C=O) groups excluding carboxylic acids is 2. The first-order chi connectivity index (χ1) is 11.1. The molecule has 1 aliphatic heterocycles. The Morgan fingerprint density at radius 3 is 2.96 bits per heavy atom. The lowest BCUT2D eigenvalue weighted by Gasteiger charge is -2.32. The van der Waals surface area contributed by atoms with Crippen molar-refractivity contribution < 1.29 is 19.1 Å². The number of aryl methyl sites for hydroxylation is 1. The smallest absolute Gasteiger partial charge is 0.407 e. The number of ether oxygens (including phenoxy) is 2. The van der Waals surface area contributed by atoms with E-state index in [1.165, 1.54) is 0 Å². The molecule has 0 spiro atoms. The van der Waals surface area contributed by atoms with E-state index >= 15 is 0 Å². The van der Waals surface area contributed by atoms with Crippen molar-refractivity contribution in [1.82, 2.24) is 10.2 Å². The third-order valence-corrected chi connectivity index (χ3v) is 3.72. The average molecular weight is 320 g/mol. The maximum atomic E-state index is 12.3. The molecular weight excluding hydrogens is 296 g/mol. The Bertz CT molecular complexity index is 547. The van der Waals surface area contributed by atoms with Crippen LogP contribution in [0.15, 0.2) is 24.3 Å². The average Bonchev–Trinajstić information content (AvgIpc) is 2.53. The molecule has 126 valence electrons. The normalized spacial score (nSPS) is 17.5. The number of hydrogen-bond acceptors (Lipinski definition) is 4. The second-order valence-electron chi connectivity index (χ2n) is 5.65. The van der Waals surface area contributed by atoms with Crippen LogP contribution in [-0.4, -0.2) is 49.2 Å². The molecule has 0 aromatic heterocycles. The van der Waals surface area contributed by atoms with Gasteiger partial charge in [-0.05, 0) is 44.4 Å². The number of carbonyl (C=O) groups is 2. The third kappa shape index (κ3) is 5.47. The van der Waals surface area contributed by atoms with Crippen LogP contribution in [0.3, 0.4) is 0 Å². The number of nitrogens with zero attached hydrogens (tertiary/aromatic N) is 1. The molecule has 2 amide bonds. The van der Waals surface area contributed by atoms with E-state index in [-0.39, 0.29) is 18.6 Å². The summed E-state index contributed by atoms with van der Waals surface area (Å²) in [6.07, 6.45) is 1.28. The molecule has 1 heterocycles. The quantitative estimate of drug-likeness (QED) is 0.902. The van der Waals surface area contributed by atoms with Gasteiger partial charge in [-0.2, -0.15) is 0 Å². The van der Waals surface area contributed by atoms with Crippen molar-refractivity contribution in [2.45, 2.75) is 32.7 Å². The standard InChI is InChI=1S/C17H24N2O4/c1-3-22-17(21)18-14-7-5-9-19(11-14)16(20)12-23-15-8-4-6-13(2)10-15/h4,6,8,10,14H,3,5,7,9,11-12H2,1-2H3,(H,18,21)/t14-/m0/s1. The summed E-state index contributed by atoms with van der Waals surface area (Å²) in [5.41, 5.74) is 1.09. The van der Waals surface area contributed by atoms with E-state index in [1.54, 1.807) is 11.8 Å². The fourth-order valence-corrected chi connectivity index (χ4v) is 2.60. The Kier molecular flexibility index (Phi) is 6.26. The lowest BCUT2D eigenvalue weighted by molar-refractivity contribution is -0.134. The Balaban J connectivity index is 1.80. The highest BCUT2D eigenvalue weighted by Crippen LogP contribution is 2.14. The summed E-state index contributed by atoms with van der Waals surface area (Å²) in [5.74, 6) is 0.624. The van der Waals surface area contributed by atoms with Gasteiger partial charge in [0.2, 0.25) is 0 Å². The summed E-state index contributed by atoms with van der Waals surface area (Å²) in [5, 5.41) is 2.79. The predicted molar refractivity (Wildman–Crippen MR) is 86.4 cm³/mol. The molecule has 0 radical (unpaired) electrons. The molecule has 1 aliphatic rings. The zero-order valence-corrected chi connectivity index (χ0v) is 13.7. The molecule has 0 saturated carbocycles. The molecule has 1 N–H and O–H groups in total. The van der Waals surface area contributed by atoms with Gasteiger partial charge in [0.25, 0.3) is 5.91 Å². The maximum Gasteiger partial charge on any atom is 0.407 e. The van der Waals surface area contributed by atoms with Crippen molar-refractivity contribution in [2.75, 3.05) is 26.3 Å². The Morgan fingerprint density at radius 2 is 2.22 bits per heavy atom. The van der Waals surface area contributed by atoms with Gasteiger partial charge in [-0.15, -0.1) is 0 Å². The lowest BCUT2D eigenvalue weighted by Crippen LogP contribution is -2.50. The summed E-state index contributed by atoms with van der Waals surface area (Å²) >= 11 is 0. The molecule has 0 unspecified atom stereocenters. The van der Waals surface area contributed by atoms with Crippen molar-refractivity contribution in [3.05, 3.63) is 29.8 Å². The number of hydrogen-bond donors (Lipinski definition) is 1. The van der Waals surface area contributed by atoms with Gasteiger partial charge >= 0.3 is 6.09 Å². The highest BCUT2D eigenvalue weighted by atomic mass is 16.5. The first kappa shape index (κ1) is 17.1. The molecule has 6 nitrogen and oxygen atoms in total. The van der Waals surface area contributed by atoms with Crippen LogP contribution in [0.5, 0.6) is 5.75 Å². The number of nitrogens with one attached hydrogen (secondary N) is 1. The maximum absolute atomic E-state index is 12.3. The second-order valence-corrected chi connectivity index (χ2v) is 5.65. The third-order valence-electron chi connectivity index (χ3n) is 3.72. The van der Waals surface area contributed by atoms with Gasteiger partial charge < -0.3 is 19.7 Å². The fraction of sp³-hybridized carbons (Fsp3) is 0.529. The minimum atomic E-state index is -0.428. The van der Waals surface area contributed by atoms with E-state index in [4.69, 9.17) is 9.47 Å². The number of piperidine rings is 1. The number of benzene rings is 1. The summed E-state index contributed by atoms with van der Waals surface area (Å²) in [4.78, 5) is 25.5. The minimum absolute atomic E-state index is 0.00950. The topological polar surface area (TPSA) is 67.9 Å². The minimum Gasteiger partial charge on any atom is -0.484 e. The predicted octanol–water partition coefficient (Wildman–Crippen LogP) is 2.11. The highest BCUT2D eigenvalue weighted by molar-refractivity contribution is 5.78. The molecule has 0 aliphatic carbocycles. The molecule has 1 saturated heterocycles. The van der Waals surface area contributed by atoms with Crippen LogP contribution in [0, 0.1) is 6.92 Å².